The van der Waals surface area contributed by atoms with Gasteiger partial charge in [-0.2, -0.15) is 0 Å². The highest BCUT2D eigenvalue weighted by Gasteiger charge is 2.25. The molecule has 0 radical (unpaired) electrons. The average Bonchev–Trinajstić information content (AvgIpc) is 3.17. The molecule has 5 rings (SSSR count). The maximum absolute atomic E-state index is 13.3. The lowest BCUT2D eigenvalue weighted by molar-refractivity contribution is -0.112. The van der Waals surface area contributed by atoms with Crippen molar-refractivity contribution in [2.75, 3.05) is 51.2 Å². The first-order valence-corrected chi connectivity index (χ1v) is 17.0. The molecule has 8 nitrogen and oxygen atoms in total. The summed E-state index contributed by atoms with van der Waals surface area (Å²) in [5.74, 6) is 0.323. The van der Waals surface area contributed by atoms with Crippen molar-refractivity contribution in [3.8, 4) is 16.9 Å². The molecule has 0 bridgehead atoms. The van der Waals surface area contributed by atoms with Crippen molar-refractivity contribution in [1.82, 2.24) is 4.90 Å². The number of amides is 1. The topological polar surface area (TPSA) is 94.2 Å². The molecule has 0 spiro atoms. The SMILES string of the molecule is CCCOCCOc1ccc(-c2ccc3c(c2)C=C(C(=O)Nc2ccc(CN(C)C4CCOCC4)cc2)CCS3(=O)=O)cc1.Cl. The van der Waals surface area contributed by atoms with Crippen molar-refractivity contribution in [1.29, 1.82) is 0 Å². The fraction of sp³-hybridized carbons (Fsp3) is 0.400. The first kappa shape index (κ1) is 34.7. The predicted molar refractivity (Wildman–Crippen MR) is 181 cm³/mol. The average molecular weight is 655 g/mol. The van der Waals surface area contributed by atoms with Crippen LogP contribution in [-0.2, 0) is 30.7 Å². The van der Waals surface area contributed by atoms with E-state index in [1.807, 2.05) is 60.7 Å². The molecule has 2 aliphatic heterocycles. The second-order valence-corrected chi connectivity index (χ2v) is 13.5. The number of rotatable bonds is 12. The van der Waals surface area contributed by atoms with Gasteiger partial charge in [0.15, 0.2) is 9.84 Å². The molecule has 3 aromatic rings. The second-order valence-electron chi connectivity index (χ2n) is 11.4. The lowest BCUT2D eigenvalue weighted by Crippen LogP contribution is -2.36. The van der Waals surface area contributed by atoms with Gasteiger partial charge < -0.3 is 19.5 Å². The zero-order chi connectivity index (χ0) is 30.9. The molecule has 2 aliphatic rings. The van der Waals surface area contributed by atoms with E-state index in [4.69, 9.17) is 14.2 Å². The van der Waals surface area contributed by atoms with Crippen molar-refractivity contribution >= 4 is 39.9 Å². The zero-order valence-corrected chi connectivity index (χ0v) is 27.6. The third-order valence-corrected chi connectivity index (χ3v) is 9.88. The Morgan fingerprint density at radius 1 is 0.956 bits per heavy atom. The Balaban J connectivity index is 0.00000461. The minimum Gasteiger partial charge on any atom is -0.491 e. The van der Waals surface area contributed by atoms with E-state index in [2.05, 4.69) is 24.2 Å². The number of anilines is 1. The quantitative estimate of drug-likeness (QED) is 0.226. The van der Waals surface area contributed by atoms with Crippen LogP contribution in [-0.4, -0.2) is 71.1 Å². The van der Waals surface area contributed by atoms with Gasteiger partial charge in [0.1, 0.15) is 12.4 Å². The maximum atomic E-state index is 13.3. The highest BCUT2D eigenvalue weighted by atomic mass is 35.5. The third-order valence-electron chi connectivity index (χ3n) is 8.10. The number of nitrogens with zero attached hydrogens (tertiary/aromatic N) is 1. The highest BCUT2D eigenvalue weighted by Crippen LogP contribution is 2.32. The molecule has 0 aromatic heterocycles. The molecule has 1 amide bonds. The molecule has 0 saturated carbocycles. The summed E-state index contributed by atoms with van der Waals surface area (Å²) in [4.78, 5) is 15.9. The van der Waals surface area contributed by atoms with E-state index in [1.165, 1.54) is 5.56 Å². The summed E-state index contributed by atoms with van der Waals surface area (Å²) < 4.78 is 42.9. The van der Waals surface area contributed by atoms with Gasteiger partial charge in [0.2, 0.25) is 0 Å². The normalized spacial score (nSPS) is 16.2. The van der Waals surface area contributed by atoms with E-state index in [9.17, 15) is 13.2 Å². The Morgan fingerprint density at radius 2 is 1.67 bits per heavy atom. The number of benzene rings is 3. The molecule has 1 N–H and O–H groups in total. The van der Waals surface area contributed by atoms with Gasteiger partial charge in [0.25, 0.3) is 5.91 Å². The number of halogens is 1. The number of carbonyl (C=O) groups excluding carboxylic acids is 1. The largest absolute Gasteiger partial charge is 0.491 e. The van der Waals surface area contributed by atoms with Crippen LogP contribution in [0.5, 0.6) is 5.75 Å². The highest BCUT2D eigenvalue weighted by molar-refractivity contribution is 7.91. The monoisotopic (exact) mass is 654 g/mol. The lowest BCUT2D eigenvalue weighted by atomic mass is 10.0. The van der Waals surface area contributed by atoms with Crippen LogP contribution in [0, 0.1) is 0 Å². The summed E-state index contributed by atoms with van der Waals surface area (Å²) in [5, 5.41) is 2.97. The maximum Gasteiger partial charge on any atom is 0.251 e. The molecule has 1 saturated heterocycles. The first-order valence-electron chi connectivity index (χ1n) is 15.4. The number of fused-ring (bicyclic) bond motifs is 1. The summed E-state index contributed by atoms with van der Waals surface area (Å²) in [6, 6.07) is 21.3. The molecule has 0 atom stereocenters. The standard InChI is InChI=1S/C35H42N2O6S.ClH/c1-3-17-41-20-21-43-33-11-6-27(7-12-33)28-8-13-34-30(23-28)24-29(16-22-44(34,39)40)35(38)36-31-9-4-26(5-10-31)25-37(2)32-14-18-42-19-15-32;/h4-13,23-24,32H,3,14-22,25H2,1-2H3,(H,36,38);1H. The minimum atomic E-state index is -3.54. The molecule has 2 heterocycles. The summed E-state index contributed by atoms with van der Waals surface area (Å²) >= 11 is 0. The van der Waals surface area contributed by atoms with Gasteiger partial charge in [-0.25, -0.2) is 8.42 Å². The summed E-state index contributed by atoms with van der Waals surface area (Å²) in [6.45, 7) is 6.24. The molecule has 1 fully saturated rings. The molecule has 45 heavy (non-hydrogen) atoms. The van der Waals surface area contributed by atoms with Crippen molar-refractivity contribution in [3.63, 3.8) is 0 Å². The first-order chi connectivity index (χ1) is 21.3. The number of hydrogen-bond acceptors (Lipinski definition) is 7. The Labute approximate surface area is 273 Å². The Bertz CT molecular complexity index is 1550. The van der Waals surface area contributed by atoms with Crippen molar-refractivity contribution in [3.05, 3.63) is 83.4 Å². The number of hydrogen-bond donors (Lipinski definition) is 1. The molecular formula is C35H43ClN2O6S. The number of ether oxygens (including phenoxy) is 3. The van der Waals surface area contributed by atoms with E-state index < -0.39 is 9.84 Å². The van der Waals surface area contributed by atoms with Crippen molar-refractivity contribution in [2.24, 2.45) is 0 Å². The number of nitrogens with one attached hydrogen (secondary N) is 1. The van der Waals surface area contributed by atoms with Gasteiger partial charge in [0.05, 0.1) is 17.3 Å². The predicted octanol–water partition coefficient (Wildman–Crippen LogP) is 6.39. The Hall–Kier alpha value is -3.21. The van der Waals surface area contributed by atoms with Crippen molar-refractivity contribution < 1.29 is 27.4 Å². The van der Waals surface area contributed by atoms with E-state index in [0.717, 1.165) is 62.5 Å². The summed E-state index contributed by atoms with van der Waals surface area (Å²) in [5.41, 5.74) is 4.57. The minimum absolute atomic E-state index is 0. The van der Waals surface area contributed by atoms with Crippen LogP contribution in [0.4, 0.5) is 5.69 Å². The van der Waals surface area contributed by atoms with Crippen LogP contribution in [0.3, 0.4) is 0 Å². The van der Waals surface area contributed by atoms with Gasteiger partial charge in [-0.1, -0.05) is 37.3 Å². The third kappa shape index (κ3) is 9.40. The molecule has 0 aliphatic carbocycles. The smallest absolute Gasteiger partial charge is 0.251 e. The van der Waals surface area contributed by atoms with Crippen molar-refractivity contribution in [2.45, 2.75) is 50.1 Å². The fourth-order valence-electron chi connectivity index (χ4n) is 5.57. The van der Waals surface area contributed by atoms with Crippen LogP contribution < -0.4 is 10.1 Å². The summed E-state index contributed by atoms with van der Waals surface area (Å²) in [7, 11) is -1.41. The van der Waals surface area contributed by atoms with Gasteiger partial charge in [-0.05, 0) is 97.5 Å². The van der Waals surface area contributed by atoms with E-state index in [0.29, 0.717) is 36.1 Å². The summed E-state index contributed by atoms with van der Waals surface area (Å²) in [6.07, 6.45) is 4.90. The molecular weight excluding hydrogens is 612 g/mol. The molecule has 3 aromatic carbocycles. The number of carbonyl (C=O) groups is 1. The fourth-order valence-corrected chi connectivity index (χ4v) is 7.03. The van der Waals surface area contributed by atoms with Crippen LogP contribution in [0.2, 0.25) is 0 Å². The van der Waals surface area contributed by atoms with E-state index in [-0.39, 0.29) is 35.4 Å². The Kier molecular flexibility index (Phi) is 12.6. The molecule has 0 unspecified atom stereocenters. The van der Waals surface area contributed by atoms with Gasteiger partial charge in [-0.15, -0.1) is 12.4 Å². The second kappa shape index (κ2) is 16.4. The van der Waals surface area contributed by atoms with Crippen LogP contribution >= 0.6 is 12.4 Å². The lowest BCUT2D eigenvalue weighted by Gasteiger charge is -2.31. The zero-order valence-electron chi connectivity index (χ0n) is 26.0. The van der Waals surface area contributed by atoms with Gasteiger partial charge in [0, 0.05) is 43.7 Å². The van der Waals surface area contributed by atoms with Crippen LogP contribution in [0.1, 0.15) is 43.7 Å². The van der Waals surface area contributed by atoms with Gasteiger partial charge in [-0.3, -0.25) is 9.69 Å². The Morgan fingerprint density at radius 3 is 2.38 bits per heavy atom. The van der Waals surface area contributed by atoms with Crippen LogP contribution in [0.25, 0.3) is 17.2 Å². The van der Waals surface area contributed by atoms with Crippen LogP contribution in [0.15, 0.2) is 77.2 Å². The van der Waals surface area contributed by atoms with E-state index >= 15 is 0 Å². The van der Waals surface area contributed by atoms with Gasteiger partial charge >= 0.3 is 0 Å². The number of sulfone groups is 1. The van der Waals surface area contributed by atoms with E-state index in [1.54, 1.807) is 12.1 Å². The molecule has 10 heteroatoms. The molecule has 242 valence electrons.